The van der Waals surface area contributed by atoms with E-state index in [1.165, 1.54) is 6.26 Å². The molecule has 2 fully saturated rings. The molecule has 6 heteroatoms. The molecule has 2 heterocycles. The van der Waals surface area contributed by atoms with Gasteiger partial charge >= 0.3 is 11.9 Å². The highest BCUT2D eigenvalue weighted by Crippen LogP contribution is 2.57. The second kappa shape index (κ2) is 5.21. The van der Waals surface area contributed by atoms with Gasteiger partial charge in [-0.3, -0.25) is 0 Å². The highest BCUT2D eigenvalue weighted by molar-refractivity contribution is 5.93. The summed E-state index contributed by atoms with van der Waals surface area (Å²) in [5, 5.41) is 11.4. The number of fused-ring (bicyclic) bond motifs is 3. The van der Waals surface area contributed by atoms with Crippen molar-refractivity contribution >= 4 is 11.9 Å². The minimum atomic E-state index is -1.14. The lowest BCUT2D eigenvalue weighted by molar-refractivity contribution is -0.164. The fourth-order valence-electron chi connectivity index (χ4n) is 4.45. The number of carbonyl (C=O) groups is 2. The van der Waals surface area contributed by atoms with Crippen LogP contribution in [0.25, 0.3) is 0 Å². The molecule has 4 rings (SSSR count). The third kappa shape index (κ3) is 2.20. The number of rotatable bonds is 2. The Morgan fingerprint density at radius 2 is 2.00 bits per heavy atom. The second-order valence-corrected chi connectivity index (χ2v) is 7.88. The lowest BCUT2D eigenvalue weighted by atomic mass is 9.62. The van der Waals surface area contributed by atoms with Crippen LogP contribution in [-0.4, -0.2) is 35.0 Å². The summed E-state index contributed by atoms with van der Waals surface area (Å²) in [6.45, 7) is 5.67. The van der Waals surface area contributed by atoms with Crippen molar-refractivity contribution in [3.05, 3.63) is 35.1 Å². The Bertz CT molecular complexity index is 743. The largest absolute Gasteiger partial charge is 0.458 e. The monoisotopic (exact) mass is 346 g/mol. The molecule has 4 atom stereocenters. The third-order valence-electron chi connectivity index (χ3n) is 5.98. The van der Waals surface area contributed by atoms with E-state index in [1.54, 1.807) is 13.0 Å². The summed E-state index contributed by atoms with van der Waals surface area (Å²) in [6.07, 6.45) is 6.05. The van der Waals surface area contributed by atoms with Crippen molar-refractivity contribution in [3.63, 3.8) is 0 Å². The quantitative estimate of drug-likeness (QED) is 0.357. The highest BCUT2D eigenvalue weighted by atomic mass is 16.7. The van der Waals surface area contributed by atoms with Crippen molar-refractivity contribution < 1.29 is 28.9 Å². The Hall–Kier alpha value is -2.08. The molecule has 0 unspecified atom stereocenters. The molecule has 0 amide bonds. The molecule has 0 bridgehead atoms. The van der Waals surface area contributed by atoms with Crippen molar-refractivity contribution in [2.45, 2.75) is 58.0 Å². The Morgan fingerprint density at radius 3 is 2.68 bits per heavy atom. The molecule has 2 aliphatic heterocycles. The lowest BCUT2D eigenvalue weighted by Crippen LogP contribution is -2.55. The molecule has 0 aromatic heterocycles. The molecule has 0 radical (unpaired) electrons. The maximum Gasteiger partial charge on any atom is 0.338 e. The first-order valence-electron chi connectivity index (χ1n) is 8.63. The van der Waals surface area contributed by atoms with E-state index in [1.807, 2.05) is 19.9 Å². The summed E-state index contributed by atoms with van der Waals surface area (Å²) in [6, 6.07) is 0. The van der Waals surface area contributed by atoms with E-state index in [2.05, 4.69) is 0 Å². The van der Waals surface area contributed by atoms with E-state index in [4.69, 9.17) is 14.2 Å². The van der Waals surface area contributed by atoms with Gasteiger partial charge in [-0.1, -0.05) is 19.9 Å². The number of cyclic esters (lactones) is 1. The van der Waals surface area contributed by atoms with Crippen LogP contribution in [-0.2, 0) is 23.8 Å². The summed E-state index contributed by atoms with van der Waals surface area (Å²) < 4.78 is 16.0. The standard InChI is InChI=1S/C19H22O6/c1-10-7-14(24-16(10)20)23-9-13-12-8-11-5-4-6-18(2,3)19(11,22)15(12)25-17(13)21/h7-9,12,14-15,22H,4-6H2,1-3H3/b13-9+/t12-,14-,15+,19+/m0/s1. The van der Waals surface area contributed by atoms with Crippen molar-refractivity contribution in [1.29, 1.82) is 0 Å². The molecule has 1 saturated heterocycles. The summed E-state index contributed by atoms with van der Waals surface area (Å²) in [5.41, 5.74) is 0.261. The second-order valence-electron chi connectivity index (χ2n) is 7.88. The summed E-state index contributed by atoms with van der Waals surface area (Å²) in [7, 11) is 0. The maximum absolute atomic E-state index is 12.3. The SMILES string of the molecule is CC1=C[C@@H](O/C=C2/C(=O)O[C@@H]3[C@H]2C=C2CCCC(C)(C)[C@@]23O)OC1=O. The molecule has 25 heavy (non-hydrogen) atoms. The molecule has 2 aliphatic carbocycles. The Kier molecular flexibility index (Phi) is 3.41. The molecule has 0 aromatic carbocycles. The van der Waals surface area contributed by atoms with Gasteiger partial charge < -0.3 is 19.3 Å². The first-order valence-corrected chi connectivity index (χ1v) is 8.63. The van der Waals surface area contributed by atoms with Crippen LogP contribution in [0.5, 0.6) is 0 Å². The van der Waals surface area contributed by atoms with Crippen LogP contribution >= 0.6 is 0 Å². The fourth-order valence-corrected chi connectivity index (χ4v) is 4.45. The first kappa shape index (κ1) is 16.4. The Morgan fingerprint density at radius 1 is 1.24 bits per heavy atom. The minimum absolute atomic E-state index is 0.341. The molecular formula is C19H22O6. The maximum atomic E-state index is 12.3. The van der Waals surface area contributed by atoms with Gasteiger partial charge in [0.1, 0.15) is 11.7 Å². The first-order chi connectivity index (χ1) is 11.7. The molecular weight excluding hydrogens is 324 g/mol. The van der Waals surface area contributed by atoms with Gasteiger partial charge in [0.15, 0.2) is 0 Å². The lowest BCUT2D eigenvalue weighted by Gasteiger charge is -2.48. The van der Waals surface area contributed by atoms with Gasteiger partial charge in [-0.15, -0.1) is 0 Å². The Labute approximate surface area is 146 Å². The molecule has 0 spiro atoms. The number of hydrogen-bond acceptors (Lipinski definition) is 6. The predicted molar refractivity (Wildman–Crippen MR) is 86.8 cm³/mol. The smallest absolute Gasteiger partial charge is 0.338 e. The predicted octanol–water partition coefficient (Wildman–Crippen LogP) is 2.14. The van der Waals surface area contributed by atoms with Crippen molar-refractivity contribution in [2.24, 2.45) is 11.3 Å². The molecule has 1 saturated carbocycles. The van der Waals surface area contributed by atoms with Crippen LogP contribution in [0, 0.1) is 11.3 Å². The van der Waals surface area contributed by atoms with Gasteiger partial charge in [0.2, 0.25) is 0 Å². The number of hydrogen-bond donors (Lipinski definition) is 1. The number of esters is 2. The summed E-state index contributed by atoms with van der Waals surface area (Å²) >= 11 is 0. The van der Waals surface area contributed by atoms with Gasteiger partial charge in [0.25, 0.3) is 6.29 Å². The minimum Gasteiger partial charge on any atom is -0.458 e. The van der Waals surface area contributed by atoms with E-state index >= 15 is 0 Å². The number of aliphatic hydroxyl groups is 1. The van der Waals surface area contributed by atoms with Gasteiger partial charge in [0, 0.05) is 17.1 Å². The molecule has 1 N–H and O–H groups in total. The van der Waals surface area contributed by atoms with Gasteiger partial charge in [-0.25, -0.2) is 9.59 Å². The average Bonchev–Trinajstić information content (AvgIpc) is 3.11. The summed E-state index contributed by atoms with van der Waals surface area (Å²) in [5.74, 6) is -1.27. The zero-order valence-electron chi connectivity index (χ0n) is 14.6. The summed E-state index contributed by atoms with van der Waals surface area (Å²) in [4.78, 5) is 23.7. The van der Waals surface area contributed by atoms with Crippen molar-refractivity contribution in [1.82, 2.24) is 0 Å². The Balaban J connectivity index is 1.61. The van der Waals surface area contributed by atoms with Gasteiger partial charge in [-0.2, -0.15) is 0 Å². The van der Waals surface area contributed by atoms with Gasteiger partial charge in [0.05, 0.1) is 17.8 Å². The molecule has 6 nitrogen and oxygen atoms in total. The van der Waals surface area contributed by atoms with Crippen molar-refractivity contribution in [3.8, 4) is 0 Å². The van der Waals surface area contributed by atoms with Crippen LogP contribution in [0.4, 0.5) is 0 Å². The van der Waals surface area contributed by atoms with E-state index in [0.29, 0.717) is 11.1 Å². The highest BCUT2D eigenvalue weighted by Gasteiger charge is 2.64. The number of carbonyl (C=O) groups excluding carboxylic acids is 2. The molecule has 0 aromatic rings. The van der Waals surface area contributed by atoms with Crippen molar-refractivity contribution in [2.75, 3.05) is 0 Å². The van der Waals surface area contributed by atoms with Crippen LogP contribution in [0.2, 0.25) is 0 Å². The van der Waals surface area contributed by atoms with E-state index < -0.39 is 29.9 Å². The fraction of sp³-hybridized carbons (Fsp3) is 0.579. The zero-order chi connectivity index (χ0) is 18.0. The number of ether oxygens (including phenoxy) is 3. The van der Waals surface area contributed by atoms with E-state index in [-0.39, 0.29) is 11.3 Å². The third-order valence-corrected chi connectivity index (χ3v) is 5.98. The average molecular weight is 346 g/mol. The normalized spacial score (nSPS) is 40.2. The van der Waals surface area contributed by atoms with Crippen LogP contribution < -0.4 is 0 Å². The van der Waals surface area contributed by atoms with E-state index in [0.717, 1.165) is 24.8 Å². The zero-order valence-corrected chi connectivity index (χ0v) is 14.6. The topological polar surface area (TPSA) is 82.1 Å². The van der Waals surface area contributed by atoms with E-state index in [9.17, 15) is 14.7 Å². The van der Waals surface area contributed by atoms with Crippen LogP contribution in [0.15, 0.2) is 35.1 Å². The van der Waals surface area contributed by atoms with Crippen LogP contribution in [0.1, 0.15) is 40.0 Å². The molecule has 4 aliphatic rings. The van der Waals surface area contributed by atoms with Gasteiger partial charge in [-0.05, 0) is 31.8 Å². The molecule has 134 valence electrons. The van der Waals surface area contributed by atoms with Crippen LogP contribution in [0.3, 0.4) is 0 Å².